The van der Waals surface area contributed by atoms with Gasteiger partial charge in [-0.15, -0.1) is 0 Å². The zero-order valence-corrected chi connectivity index (χ0v) is 26.5. The topological polar surface area (TPSA) is 51.8 Å². The Morgan fingerprint density at radius 3 is 1.14 bits per heavy atom. The number of furan rings is 1. The fraction of sp³-hybridized carbons (Fsp3) is 0. The van der Waals surface area contributed by atoms with Crippen LogP contribution in [0.5, 0.6) is 0 Å². The molecule has 0 atom stereocenters. The summed E-state index contributed by atoms with van der Waals surface area (Å²) in [5.74, 6) is 1.84. The third kappa shape index (κ3) is 5.56. The van der Waals surface area contributed by atoms with E-state index in [0.29, 0.717) is 17.5 Å². The minimum atomic E-state index is 0.602. The molecule has 4 nitrogen and oxygen atoms in total. The minimum absolute atomic E-state index is 0.602. The van der Waals surface area contributed by atoms with Gasteiger partial charge in [-0.2, -0.15) is 0 Å². The number of hydrogen-bond acceptors (Lipinski definition) is 4. The summed E-state index contributed by atoms with van der Waals surface area (Å²) in [7, 11) is 0. The van der Waals surface area contributed by atoms with Gasteiger partial charge >= 0.3 is 0 Å². The highest BCUT2D eigenvalue weighted by atomic mass is 16.3. The highest BCUT2D eigenvalue weighted by Crippen LogP contribution is 2.36. The van der Waals surface area contributed by atoms with Crippen molar-refractivity contribution in [2.45, 2.75) is 0 Å². The number of hydrogen-bond donors (Lipinski definition) is 0. The van der Waals surface area contributed by atoms with Gasteiger partial charge in [-0.1, -0.05) is 127 Å². The van der Waals surface area contributed by atoms with E-state index in [1.54, 1.807) is 0 Å². The quantitative estimate of drug-likeness (QED) is 0.184. The van der Waals surface area contributed by atoms with Gasteiger partial charge in [0.1, 0.15) is 11.2 Å². The van der Waals surface area contributed by atoms with Gasteiger partial charge in [0.2, 0.25) is 0 Å². The molecule has 9 aromatic rings. The molecule has 0 saturated heterocycles. The van der Waals surface area contributed by atoms with E-state index in [2.05, 4.69) is 115 Å². The van der Waals surface area contributed by atoms with Crippen molar-refractivity contribution >= 4 is 21.9 Å². The molecule has 0 spiro atoms. The van der Waals surface area contributed by atoms with Crippen molar-refractivity contribution in [2.75, 3.05) is 0 Å². The van der Waals surface area contributed by atoms with Gasteiger partial charge in [-0.05, 0) is 81.9 Å². The van der Waals surface area contributed by atoms with Crippen LogP contribution in [-0.2, 0) is 0 Å². The normalized spacial score (nSPS) is 11.3. The molecule has 0 radical (unpaired) electrons. The summed E-state index contributed by atoms with van der Waals surface area (Å²) in [6.45, 7) is 0. The molecule has 2 aromatic heterocycles. The van der Waals surface area contributed by atoms with E-state index in [-0.39, 0.29) is 0 Å². The molecule has 0 unspecified atom stereocenters. The first kappa shape index (κ1) is 28.6. The average Bonchev–Trinajstić information content (AvgIpc) is 3.56. The van der Waals surface area contributed by atoms with Crippen LogP contribution in [0.2, 0.25) is 0 Å². The van der Waals surface area contributed by atoms with Crippen LogP contribution in [0.3, 0.4) is 0 Å². The van der Waals surface area contributed by atoms with E-state index in [1.165, 1.54) is 0 Å². The molecule has 0 aliphatic carbocycles. The number of aromatic nitrogens is 3. The Bertz CT molecular complexity index is 2520. The molecule has 0 aliphatic heterocycles. The van der Waals surface area contributed by atoms with Crippen molar-refractivity contribution in [3.8, 4) is 67.5 Å². The smallest absolute Gasteiger partial charge is 0.164 e. The summed E-state index contributed by atoms with van der Waals surface area (Å²) < 4.78 is 6.28. The van der Waals surface area contributed by atoms with E-state index in [1.807, 2.05) is 60.7 Å². The van der Waals surface area contributed by atoms with Crippen molar-refractivity contribution in [1.29, 1.82) is 0 Å². The van der Waals surface area contributed by atoms with Crippen LogP contribution >= 0.6 is 0 Å². The largest absolute Gasteiger partial charge is 0.456 e. The molecule has 0 saturated carbocycles. The lowest BCUT2D eigenvalue weighted by Crippen LogP contribution is -2.00. The maximum absolute atomic E-state index is 6.28. The lowest BCUT2D eigenvalue weighted by molar-refractivity contribution is 0.669. The van der Waals surface area contributed by atoms with Crippen molar-refractivity contribution in [2.24, 2.45) is 0 Å². The van der Waals surface area contributed by atoms with Crippen LogP contribution in [0.25, 0.3) is 89.5 Å². The van der Waals surface area contributed by atoms with E-state index in [0.717, 1.165) is 72.0 Å². The van der Waals surface area contributed by atoms with Crippen LogP contribution in [0.4, 0.5) is 0 Å². The Morgan fingerprint density at radius 2 is 0.633 bits per heavy atom. The molecule has 9 rings (SSSR count). The summed E-state index contributed by atoms with van der Waals surface area (Å²) in [6, 6.07) is 60.5. The van der Waals surface area contributed by atoms with Gasteiger partial charge in [-0.3, -0.25) is 0 Å². The first-order chi connectivity index (χ1) is 24.2. The standard InChI is InChI=1S/C45H29N3O/c1-5-13-30(14-6-1)34-21-23-41-39(28-34)40-29-35(22-24-42(40)49-41)44-46-43(33-19-11-4-12-20-33)47-45(48-44)38-26-36(31-15-7-2-8-16-31)25-37(27-38)32-17-9-3-10-18-32/h1-29H. The lowest BCUT2D eigenvalue weighted by Gasteiger charge is -2.12. The van der Waals surface area contributed by atoms with Crippen molar-refractivity contribution in [3.63, 3.8) is 0 Å². The molecule has 49 heavy (non-hydrogen) atoms. The zero-order chi connectivity index (χ0) is 32.6. The molecule has 2 heterocycles. The fourth-order valence-corrected chi connectivity index (χ4v) is 6.43. The molecule has 7 aromatic carbocycles. The van der Waals surface area contributed by atoms with Crippen LogP contribution in [-0.4, -0.2) is 15.0 Å². The highest BCUT2D eigenvalue weighted by molar-refractivity contribution is 6.07. The van der Waals surface area contributed by atoms with E-state index in [4.69, 9.17) is 19.4 Å². The molecule has 0 fully saturated rings. The summed E-state index contributed by atoms with van der Waals surface area (Å²) in [5.41, 5.74) is 11.2. The fourth-order valence-electron chi connectivity index (χ4n) is 6.43. The van der Waals surface area contributed by atoms with Gasteiger partial charge in [-0.25, -0.2) is 15.0 Å². The van der Waals surface area contributed by atoms with Crippen molar-refractivity contribution < 1.29 is 4.42 Å². The van der Waals surface area contributed by atoms with E-state index >= 15 is 0 Å². The summed E-state index contributed by atoms with van der Waals surface area (Å²) >= 11 is 0. The Morgan fingerprint density at radius 1 is 0.265 bits per heavy atom. The van der Waals surface area contributed by atoms with Gasteiger partial charge in [0, 0.05) is 27.5 Å². The van der Waals surface area contributed by atoms with Gasteiger partial charge < -0.3 is 4.42 Å². The number of nitrogens with zero attached hydrogens (tertiary/aromatic N) is 3. The minimum Gasteiger partial charge on any atom is -0.456 e. The Labute approximate surface area is 284 Å². The first-order valence-corrected chi connectivity index (χ1v) is 16.4. The predicted molar refractivity (Wildman–Crippen MR) is 200 cm³/mol. The second-order valence-corrected chi connectivity index (χ2v) is 12.1. The maximum Gasteiger partial charge on any atom is 0.164 e. The Hall–Kier alpha value is -6.65. The van der Waals surface area contributed by atoms with Crippen molar-refractivity contribution in [1.82, 2.24) is 15.0 Å². The Balaban J connectivity index is 1.24. The molecule has 0 amide bonds. The third-order valence-electron chi connectivity index (χ3n) is 8.91. The Kier molecular flexibility index (Phi) is 7.10. The second-order valence-electron chi connectivity index (χ2n) is 12.1. The van der Waals surface area contributed by atoms with Crippen LogP contribution in [0, 0.1) is 0 Å². The van der Waals surface area contributed by atoms with Gasteiger partial charge in [0.15, 0.2) is 17.5 Å². The van der Waals surface area contributed by atoms with Crippen molar-refractivity contribution in [3.05, 3.63) is 176 Å². The SMILES string of the molecule is c1ccc(-c2cc(-c3ccccc3)cc(-c3nc(-c4ccccc4)nc(-c4ccc5oc6ccc(-c7ccccc7)cc6c5c4)n3)c2)cc1. The van der Waals surface area contributed by atoms with E-state index < -0.39 is 0 Å². The molecular weight excluding hydrogens is 599 g/mol. The molecule has 4 heteroatoms. The summed E-state index contributed by atoms with van der Waals surface area (Å²) in [6.07, 6.45) is 0. The van der Waals surface area contributed by atoms with Gasteiger partial charge in [0.05, 0.1) is 0 Å². The molecule has 0 aliphatic rings. The predicted octanol–water partition coefficient (Wildman–Crippen LogP) is 11.8. The molecule has 0 N–H and O–H groups in total. The number of benzene rings is 7. The first-order valence-electron chi connectivity index (χ1n) is 16.4. The lowest BCUT2D eigenvalue weighted by atomic mass is 9.96. The summed E-state index contributed by atoms with van der Waals surface area (Å²) in [5, 5.41) is 2.07. The average molecular weight is 628 g/mol. The van der Waals surface area contributed by atoms with Crippen LogP contribution in [0.15, 0.2) is 180 Å². The molecule has 0 bridgehead atoms. The van der Waals surface area contributed by atoms with Crippen LogP contribution < -0.4 is 0 Å². The highest BCUT2D eigenvalue weighted by Gasteiger charge is 2.17. The monoisotopic (exact) mass is 627 g/mol. The summed E-state index contributed by atoms with van der Waals surface area (Å²) in [4.78, 5) is 15.3. The number of rotatable bonds is 6. The number of fused-ring (bicyclic) bond motifs is 3. The molecular formula is C45H29N3O. The second kappa shape index (κ2) is 12.2. The third-order valence-corrected chi connectivity index (χ3v) is 8.91. The van der Waals surface area contributed by atoms with E-state index in [9.17, 15) is 0 Å². The van der Waals surface area contributed by atoms with Gasteiger partial charge in [0.25, 0.3) is 0 Å². The zero-order valence-electron chi connectivity index (χ0n) is 26.5. The molecule has 230 valence electrons. The van der Waals surface area contributed by atoms with Crippen LogP contribution in [0.1, 0.15) is 0 Å². The maximum atomic E-state index is 6.28.